The summed E-state index contributed by atoms with van der Waals surface area (Å²) in [7, 11) is 0. The Balaban J connectivity index is 1.33. The minimum Gasteiger partial charge on any atom is -0.477 e. The van der Waals surface area contributed by atoms with Gasteiger partial charge in [-0.3, -0.25) is 19.2 Å². The summed E-state index contributed by atoms with van der Waals surface area (Å²) in [5.74, 6) is -9.45. The molecule has 6 aliphatic heterocycles. The van der Waals surface area contributed by atoms with Gasteiger partial charge in [-0.1, -0.05) is 0 Å². The van der Waals surface area contributed by atoms with Gasteiger partial charge in [0.15, 0.2) is 31.5 Å². The van der Waals surface area contributed by atoms with Gasteiger partial charge in [-0.05, 0) is 0 Å². The summed E-state index contributed by atoms with van der Waals surface area (Å²) >= 11 is 0. The highest BCUT2D eigenvalue weighted by atomic mass is 16.8. The van der Waals surface area contributed by atoms with E-state index in [2.05, 4.69) is 21.3 Å². The molecule has 0 radical (unpaired) electrons. The van der Waals surface area contributed by atoms with Crippen molar-refractivity contribution in [3.05, 3.63) is 0 Å². The van der Waals surface area contributed by atoms with Crippen molar-refractivity contribution in [1.29, 1.82) is 0 Å². The Morgan fingerprint density at radius 2 is 0.988 bits per heavy atom. The molecular formula is C47H78N4O35. The van der Waals surface area contributed by atoms with Crippen LogP contribution in [0.15, 0.2) is 0 Å². The third kappa shape index (κ3) is 15.8. The topological polar surface area (TPSA) is 619 Å². The van der Waals surface area contributed by atoms with Crippen LogP contribution in [0.1, 0.15) is 27.2 Å². The Hall–Kier alpha value is -3.81. The van der Waals surface area contributed by atoms with Crippen molar-refractivity contribution >= 4 is 29.6 Å². The number of nitrogens with one attached hydrogen (secondary N) is 4. The molecule has 6 unspecified atom stereocenters. The van der Waals surface area contributed by atoms with Crippen LogP contribution in [0, 0.1) is 0 Å². The molecule has 39 heteroatoms. The molecule has 0 aromatic rings. The lowest BCUT2D eigenvalue weighted by molar-refractivity contribution is -0.399. The molecule has 0 aliphatic carbocycles. The standard InChI is InChI=1S/C47H78N4O35/c1-12(58)48-24-31(68)28(65)17(6-53)78-43(24)83-37-20(9-56)81-45(35(72)40(37)86-47(46(74)75)4-15(61)23(51-22(63)10-57)39(85-47)27(64)16(62)5-52)82-36-19(8-55)80-42(25(32(36)69)49-13(2)59)76-11-21-30(67)38(26(41(73)77-21)50-14(3)60)84-44-34(71)33(70)29(66)18(7-54)79-44/h15-21,23-45,52-57,61-62,64-73H,4-11H2,1-3H3,(H,48,58)(H,49,59)(H,50,60)(H,51,63)(H,74,75)/t15-,16+,17+,18+,19+,20+,21+,23+,24+,25+,26+,27+,28-,29-,30-,31+,32+,33-,34+,35+,36+,37-,38+,39+,40+,41?,42?,43?,44?,45?,47?/m0/s1. The number of aliphatic carboxylic acids is 1. The molecule has 39 nitrogen and oxygen atoms in total. The molecule has 0 bridgehead atoms. The number of ether oxygens (including phenoxy) is 11. The Kier molecular flexibility index (Phi) is 25.5. The van der Waals surface area contributed by atoms with Gasteiger partial charge in [0.1, 0.15) is 147 Å². The molecule has 0 aromatic carbocycles. The minimum atomic E-state index is -3.42. The maximum Gasteiger partial charge on any atom is 0.364 e. The lowest BCUT2D eigenvalue weighted by atomic mass is 9.88. The Morgan fingerprint density at radius 3 is 1.53 bits per heavy atom. The molecule has 6 rings (SSSR count). The smallest absolute Gasteiger partial charge is 0.364 e. The van der Waals surface area contributed by atoms with Gasteiger partial charge >= 0.3 is 5.97 Å². The zero-order valence-corrected chi connectivity index (χ0v) is 46.0. The van der Waals surface area contributed by atoms with E-state index in [0.29, 0.717) is 0 Å². The van der Waals surface area contributed by atoms with Crippen LogP contribution in [0.4, 0.5) is 0 Å². The van der Waals surface area contributed by atoms with Gasteiger partial charge in [0, 0.05) is 27.2 Å². The van der Waals surface area contributed by atoms with E-state index in [1.54, 1.807) is 0 Å². The van der Waals surface area contributed by atoms with E-state index in [0.717, 1.165) is 20.8 Å². The monoisotopic (exact) mass is 1260 g/mol. The maximum atomic E-state index is 13.6. The summed E-state index contributed by atoms with van der Waals surface area (Å²) in [5, 5.41) is 214. The second-order valence-electron chi connectivity index (χ2n) is 21.2. The predicted octanol–water partition coefficient (Wildman–Crippen LogP) is -15.3. The van der Waals surface area contributed by atoms with Crippen molar-refractivity contribution in [3.8, 4) is 0 Å². The second kappa shape index (κ2) is 30.8. The van der Waals surface area contributed by atoms with Crippen molar-refractivity contribution in [3.63, 3.8) is 0 Å². The van der Waals surface area contributed by atoms with Crippen molar-refractivity contribution in [2.24, 2.45) is 0 Å². The largest absolute Gasteiger partial charge is 0.477 e. The molecule has 86 heavy (non-hydrogen) atoms. The van der Waals surface area contributed by atoms with Crippen LogP contribution in [0.3, 0.4) is 0 Å². The zero-order chi connectivity index (χ0) is 64.0. The average molecular weight is 1260 g/mol. The summed E-state index contributed by atoms with van der Waals surface area (Å²) < 4.78 is 64.0. The Morgan fingerprint density at radius 1 is 0.500 bits per heavy atom. The molecule has 0 aromatic heterocycles. The van der Waals surface area contributed by atoms with E-state index < -0.39 is 272 Å². The number of hydrogen-bond donors (Lipinski definition) is 23. The van der Waals surface area contributed by atoms with Crippen LogP contribution < -0.4 is 21.3 Å². The fraction of sp³-hybridized carbons (Fsp3) is 0.894. The Labute approximate surface area is 486 Å². The molecule has 23 N–H and O–H groups in total. The first-order chi connectivity index (χ1) is 40.5. The molecule has 0 saturated carbocycles. The number of carboxylic acid groups (broad SMARTS) is 1. The number of amides is 4. The van der Waals surface area contributed by atoms with Crippen LogP contribution in [0.5, 0.6) is 0 Å². The molecule has 0 spiro atoms. The van der Waals surface area contributed by atoms with Crippen LogP contribution in [-0.2, 0) is 76.1 Å². The van der Waals surface area contributed by atoms with E-state index >= 15 is 0 Å². The highest BCUT2D eigenvalue weighted by molar-refractivity contribution is 5.78. The van der Waals surface area contributed by atoms with Crippen molar-refractivity contribution < 1.29 is 173 Å². The number of carbonyl (C=O) groups is 5. The van der Waals surface area contributed by atoms with Gasteiger partial charge in [-0.15, -0.1) is 0 Å². The van der Waals surface area contributed by atoms with Gasteiger partial charge in [0.05, 0.1) is 51.8 Å². The van der Waals surface area contributed by atoms with Gasteiger partial charge < -0.3 is 170 Å². The number of aliphatic hydroxyl groups is 18. The normalized spacial score (nSPS) is 44.6. The van der Waals surface area contributed by atoms with Gasteiger partial charge in [-0.2, -0.15) is 0 Å². The summed E-state index contributed by atoms with van der Waals surface area (Å²) in [6.07, 6.45) is -54.9. The molecule has 6 heterocycles. The van der Waals surface area contributed by atoms with Crippen molar-refractivity contribution in [2.45, 2.75) is 217 Å². The van der Waals surface area contributed by atoms with Crippen molar-refractivity contribution in [2.75, 3.05) is 46.2 Å². The average Bonchev–Trinajstić information content (AvgIpc) is 1.10. The highest BCUT2D eigenvalue weighted by Crippen LogP contribution is 2.41. The quantitative estimate of drug-likeness (QED) is 0.0427. The maximum absolute atomic E-state index is 13.6. The van der Waals surface area contributed by atoms with Gasteiger partial charge in [0.25, 0.3) is 5.79 Å². The van der Waals surface area contributed by atoms with Crippen LogP contribution in [0.25, 0.3) is 0 Å². The van der Waals surface area contributed by atoms with Crippen LogP contribution in [-0.4, -0.2) is 362 Å². The van der Waals surface area contributed by atoms with E-state index in [1.165, 1.54) is 0 Å². The van der Waals surface area contributed by atoms with E-state index in [-0.39, 0.29) is 0 Å². The van der Waals surface area contributed by atoms with E-state index in [1.807, 2.05) is 0 Å². The van der Waals surface area contributed by atoms with E-state index in [4.69, 9.17) is 52.1 Å². The molecule has 4 amide bonds. The highest BCUT2D eigenvalue weighted by Gasteiger charge is 2.62. The Bertz CT molecular complexity index is 2230. The summed E-state index contributed by atoms with van der Waals surface area (Å²) in [6.45, 7) is -4.79. The molecule has 6 fully saturated rings. The fourth-order valence-corrected chi connectivity index (χ4v) is 10.7. The first kappa shape index (κ1) is 71.3. The first-order valence-corrected chi connectivity index (χ1v) is 26.9. The van der Waals surface area contributed by atoms with Crippen molar-refractivity contribution in [1.82, 2.24) is 21.3 Å². The summed E-state index contributed by atoms with van der Waals surface area (Å²) in [4.78, 5) is 63.3. The molecule has 6 saturated heterocycles. The molecular weight excluding hydrogens is 1180 g/mol. The SMILES string of the molecule is CC(=O)N[C@H]1C(O[C@@H]2[C@H](OC3(C(=O)O)C[C@H](O)[C@@H](NC(=O)CO)[C@H]([C@H](O)[C@H](O)CO)O3)[C@@H](O)C(O[C@H]3[C@H](O)[C@@H](NC(C)=O)C(OC[C@H]4OC(O)[C@H](NC(C)=O)[C@@H](OC5O[C@H](CO)[C@H](O)[C@H](O)[C@H]5O)[C@H]4O)O[C@@H]3CO)O[C@@H]2CO)O[C@H](CO)[C@H](O)[C@@H]1O. The predicted molar refractivity (Wildman–Crippen MR) is 264 cm³/mol. The van der Waals surface area contributed by atoms with Gasteiger partial charge in [-0.25, -0.2) is 4.79 Å². The molecule has 31 atom stereocenters. The van der Waals surface area contributed by atoms with Crippen LogP contribution in [0.2, 0.25) is 0 Å². The molecule has 6 aliphatic rings. The number of carbonyl (C=O) groups excluding carboxylic acids is 4. The fourth-order valence-electron chi connectivity index (χ4n) is 10.7. The third-order valence-electron chi connectivity index (χ3n) is 15.1. The van der Waals surface area contributed by atoms with Gasteiger partial charge in [0.2, 0.25) is 23.6 Å². The number of hydrogen-bond acceptors (Lipinski definition) is 34. The molecule has 496 valence electrons. The van der Waals surface area contributed by atoms with E-state index in [9.17, 15) is 121 Å². The number of aliphatic hydroxyl groups excluding tert-OH is 18. The summed E-state index contributed by atoms with van der Waals surface area (Å²) in [6, 6.07) is -7.22. The minimum absolute atomic E-state index is 0.801. The van der Waals surface area contributed by atoms with Crippen LogP contribution >= 0.6 is 0 Å². The lowest BCUT2D eigenvalue weighted by Crippen LogP contribution is -2.72. The lowest BCUT2D eigenvalue weighted by Gasteiger charge is -2.52. The first-order valence-electron chi connectivity index (χ1n) is 26.9. The zero-order valence-electron chi connectivity index (χ0n) is 46.0. The second-order valence-corrected chi connectivity index (χ2v) is 21.2. The third-order valence-corrected chi connectivity index (χ3v) is 15.1. The number of rotatable bonds is 24. The summed E-state index contributed by atoms with van der Waals surface area (Å²) in [5.41, 5.74) is 0. The number of carboxylic acids is 1.